The van der Waals surface area contributed by atoms with Crippen LogP contribution in [0.3, 0.4) is 0 Å². The molecule has 1 fully saturated rings. The first-order chi connectivity index (χ1) is 13.9. The van der Waals surface area contributed by atoms with Crippen molar-refractivity contribution in [3.05, 3.63) is 27.2 Å². The number of anilines is 1. The van der Waals surface area contributed by atoms with Crippen molar-refractivity contribution in [1.29, 1.82) is 0 Å². The highest BCUT2D eigenvalue weighted by Gasteiger charge is 2.33. The monoisotopic (exact) mass is 441 g/mol. The Bertz CT molecular complexity index is 899. The summed E-state index contributed by atoms with van der Waals surface area (Å²) in [5.74, 6) is -1.16. The third-order valence-corrected chi connectivity index (χ3v) is 6.53. The van der Waals surface area contributed by atoms with E-state index >= 15 is 0 Å². The Hall–Kier alpha value is -2.17. The van der Waals surface area contributed by atoms with E-state index in [2.05, 4.69) is 20.3 Å². The van der Waals surface area contributed by atoms with Crippen molar-refractivity contribution in [2.45, 2.75) is 45.3 Å². The van der Waals surface area contributed by atoms with E-state index in [1.54, 1.807) is 7.11 Å². The van der Waals surface area contributed by atoms with E-state index in [0.717, 1.165) is 10.6 Å². The van der Waals surface area contributed by atoms with Crippen LogP contribution in [0.4, 0.5) is 5.13 Å². The molecule has 3 rings (SSSR count). The minimum absolute atomic E-state index is 0.110. The van der Waals surface area contributed by atoms with Gasteiger partial charge in [0, 0.05) is 25.1 Å². The van der Waals surface area contributed by atoms with Crippen LogP contribution in [0, 0.1) is 0 Å². The van der Waals surface area contributed by atoms with E-state index in [0.29, 0.717) is 42.6 Å². The van der Waals surface area contributed by atoms with Crippen LogP contribution in [0.15, 0.2) is 0 Å². The highest BCUT2D eigenvalue weighted by Crippen LogP contribution is 2.30. The molecule has 0 unspecified atom stereocenters. The zero-order chi connectivity index (χ0) is 21.1. The smallest absolute Gasteiger partial charge is 0.355 e. The molecule has 1 aliphatic heterocycles. The highest BCUT2D eigenvalue weighted by atomic mass is 35.5. The Morgan fingerprint density at radius 3 is 2.69 bits per heavy atom. The maximum Gasteiger partial charge on any atom is 0.355 e. The van der Waals surface area contributed by atoms with E-state index in [1.807, 2.05) is 18.7 Å². The molecule has 3 heterocycles. The molecule has 158 valence electrons. The van der Waals surface area contributed by atoms with Gasteiger partial charge in [0.25, 0.3) is 5.91 Å². The Morgan fingerprint density at radius 1 is 1.38 bits per heavy atom. The van der Waals surface area contributed by atoms with Gasteiger partial charge in [0.1, 0.15) is 0 Å². The predicted molar refractivity (Wildman–Crippen MR) is 110 cm³/mol. The normalized spacial score (nSPS) is 19.4. The Kier molecular flexibility index (Phi) is 6.76. The van der Waals surface area contributed by atoms with Crippen molar-refractivity contribution in [1.82, 2.24) is 20.3 Å². The lowest BCUT2D eigenvalue weighted by Gasteiger charge is -2.37. The number of aromatic amines is 1. The second-order valence-electron chi connectivity index (χ2n) is 6.72. The molecule has 2 atom stereocenters. The lowest BCUT2D eigenvalue weighted by atomic mass is 10.0. The highest BCUT2D eigenvalue weighted by molar-refractivity contribution is 7.15. The molecule has 29 heavy (non-hydrogen) atoms. The molecule has 0 radical (unpaired) electrons. The summed E-state index contributed by atoms with van der Waals surface area (Å²) in [6.07, 6.45) is 1.63. The van der Waals surface area contributed by atoms with Crippen LogP contribution in [0.1, 0.15) is 51.9 Å². The Labute approximate surface area is 177 Å². The average molecular weight is 442 g/mol. The molecule has 2 aromatic heterocycles. The Morgan fingerprint density at radius 2 is 2.14 bits per heavy atom. The molecular formula is C18H24ClN5O4S. The number of imidazole rings is 1. The van der Waals surface area contributed by atoms with E-state index < -0.39 is 5.97 Å². The molecule has 9 nitrogen and oxygen atoms in total. The standard InChI is InChI=1S/C18H24ClN5O4S/c1-4-9-14(19)23-15(20-9)16(25)21-10-6-7-24(8-11(10)28-3)18-22-13(17(26)27)12(5-2)29-18/h10-11H,4-8H2,1-3H3,(H,20,23)(H,21,25)(H,26,27)/t10-,11+/m0/s1. The number of carboxylic acids is 1. The summed E-state index contributed by atoms with van der Waals surface area (Å²) in [7, 11) is 1.59. The molecule has 1 saturated heterocycles. The summed E-state index contributed by atoms with van der Waals surface area (Å²) < 4.78 is 5.60. The van der Waals surface area contributed by atoms with Crippen LogP contribution in [0.2, 0.25) is 5.15 Å². The molecule has 2 aromatic rings. The quantitative estimate of drug-likeness (QED) is 0.603. The molecule has 0 aliphatic carbocycles. The number of aromatic nitrogens is 3. The lowest BCUT2D eigenvalue weighted by molar-refractivity contribution is 0.0538. The van der Waals surface area contributed by atoms with Gasteiger partial charge in [-0.2, -0.15) is 0 Å². The minimum atomic E-state index is -1.02. The fourth-order valence-corrected chi connectivity index (χ4v) is 4.63. The number of amides is 1. The van der Waals surface area contributed by atoms with Crippen LogP contribution in [-0.2, 0) is 17.6 Å². The number of carbonyl (C=O) groups is 2. The van der Waals surface area contributed by atoms with Gasteiger partial charge < -0.3 is 25.0 Å². The topological polar surface area (TPSA) is 120 Å². The number of rotatable bonds is 7. The molecule has 0 aromatic carbocycles. The molecular weight excluding hydrogens is 418 g/mol. The SMILES string of the molecule is CCc1[nH]c(C(=O)N[C@H]2CCN(c3nc(C(=O)O)c(CC)s3)C[C@H]2OC)nc1Cl. The van der Waals surface area contributed by atoms with Gasteiger partial charge in [-0.15, -0.1) is 11.3 Å². The molecule has 0 bridgehead atoms. The number of carboxylic acid groups (broad SMARTS) is 1. The summed E-state index contributed by atoms with van der Waals surface area (Å²) in [5, 5.41) is 13.3. The number of hydrogen-bond acceptors (Lipinski definition) is 7. The maximum atomic E-state index is 12.6. The number of aromatic carboxylic acids is 1. The molecule has 0 spiro atoms. The first-order valence-corrected chi connectivity index (χ1v) is 10.6. The second kappa shape index (κ2) is 9.10. The van der Waals surface area contributed by atoms with Gasteiger partial charge >= 0.3 is 5.97 Å². The largest absolute Gasteiger partial charge is 0.476 e. The lowest BCUT2D eigenvalue weighted by Crippen LogP contribution is -2.55. The van der Waals surface area contributed by atoms with Crippen molar-refractivity contribution in [3.8, 4) is 0 Å². The van der Waals surface area contributed by atoms with Crippen molar-refractivity contribution in [3.63, 3.8) is 0 Å². The van der Waals surface area contributed by atoms with E-state index in [-0.39, 0.29) is 29.6 Å². The van der Waals surface area contributed by atoms with E-state index in [9.17, 15) is 14.7 Å². The molecule has 3 N–H and O–H groups in total. The molecule has 1 amide bonds. The van der Waals surface area contributed by atoms with Crippen LogP contribution in [0.25, 0.3) is 0 Å². The number of nitrogens with one attached hydrogen (secondary N) is 2. The number of methoxy groups -OCH3 is 1. The fourth-order valence-electron chi connectivity index (χ4n) is 3.34. The zero-order valence-electron chi connectivity index (χ0n) is 16.5. The maximum absolute atomic E-state index is 12.6. The van der Waals surface area contributed by atoms with Crippen LogP contribution < -0.4 is 10.2 Å². The third kappa shape index (κ3) is 4.54. The van der Waals surface area contributed by atoms with Crippen molar-refractivity contribution in [2.75, 3.05) is 25.1 Å². The Balaban J connectivity index is 1.69. The predicted octanol–water partition coefficient (Wildman–Crippen LogP) is 2.37. The number of halogens is 1. The van der Waals surface area contributed by atoms with Gasteiger partial charge in [-0.05, 0) is 19.3 Å². The fraction of sp³-hybridized carbons (Fsp3) is 0.556. The summed E-state index contributed by atoms with van der Waals surface area (Å²) in [6, 6.07) is -0.206. The number of ether oxygens (including phenoxy) is 1. The number of hydrogen-bond donors (Lipinski definition) is 3. The number of nitrogens with zero attached hydrogens (tertiary/aromatic N) is 3. The number of H-pyrrole nitrogens is 1. The molecule has 11 heteroatoms. The van der Waals surface area contributed by atoms with Crippen LogP contribution in [0.5, 0.6) is 0 Å². The minimum Gasteiger partial charge on any atom is -0.476 e. The van der Waals surface area contributed by atoms with Gasteiger partial charge in [-0.1, -0.05) is 25.4 Å². The van der Waals surface area contributed by atoms with Gasteiger partial charge in [-0.3, -0.25) is 4.79 Å². The number of piperidine rings is 1. The average Bonchev–Trinajstić information content (AvgIpc) is 3.31. The number of carbonyl (C=O) groups excluding carboxylic acids is 1. The van der Waals surface area contributed by atoms with Gasteiger partial charge in [0.05, 0.1) is 17.8 Å². The van der Waals surface area contributed by atoms with Gasteiger partial charge in [0.2, 0.25) is 0 Å². The van der Waals surface area contributed by atoms with E-state index in [4.69, 9.17) is 16.3 Å². The van der Waals surface area contributed by atoms with Crippen molar-refractivity contribution >= 4 is 39.9 Å². The van der Waals surface area contributed by atoms with Crippen molar-refractivity contribution < 1.29 is 19.4 Å². The number of aryl methyl sites for hydroxylation is 2. The van der Waals surface area contributed by atoms with Crippen LogP contribution >= 0.6 is 22.9 Å². The summed E-state index contributed by atoms with van der Waals surface area (Å²) in [5.41, 5.74) is 0.831. The van der Waals surface area contributed by atoms with Crippen LogP contribution in [-0.4, -0.2) is 64.3 Å². The summed E-state index contributed by atoms with van der Waals surface area (Å²) >= 11 is 7.41. The van der Waals surface area contributed by atoms with Crippen molar-refractivity contribution in [2.24, 2.45) is 0 Å². The summed E-state index contributed by atoms with van der Waals surface area (Å²) in [6.45, 7) is 4.96. The first-order valence-electron chi connectivity index (χ1n) is 9.43. The van der Waals surface area contributed by atoms with Gasteiger partial charge in [-0.25, -0.2) is 14.8 Å². The second-order valence-corrected chi connectivity index (χ2v) is 8.14. The van der Waals surface area contributed by atoms with Gasteiger partial charge in [0.15, 0.2) is 21.8 Å². The summed E-state index contributed by atoms with van der Waals surface area (Å²) in [4.78, 5) is 38.0. The zero-order valence-corrected chi connectivity index (χ0v) is 18.1. The molecule has 0 saturated carbocycles. The third-order valence-electron chi connectivity index (χ3n) is 4.96. The number of thiazole rings is 1. The van der Waals surface area contributed by atoms with E-state index in [1.165, 1.54) is 11.3 Å². The molecule has 1 aliphatic rings. The first kappa shape index (κ1) is 21.5.